The first-order valence-corrected chi connectivity index (χ1v) is 9.60. The van der Waals surface area contributed by atoms with Crippen LogP contribution in [0.2, 0.25) is 0 Å². The second kappa shape index (κ2) is 6.75. The Morgan fingerprint density at radius 3 is 2.76 bits per heavy atom. The lowest BCUT2D eigenvalue weighted by atomic mass is 10.2. The van der Waals surface area contributed by atoms with Gasteiger partial charge in [0.2, 0.25) is 10.0 Å². The zero-order valence-corrected chi connectivity index (χ0v) is 14.8. The highest BCUT2D eigenvalue weighted by molar-refractivity contribution is 7.89. The molecule has 1 aromatic rings. The Hall–Kier alpha value is -0.470. The average molecular weight is 332 g/mol. The molecule has 1 fully saturated rings. The normalized spacial score (nSPS) is 20.8. The molecule has 5 nitrogen and oxygen atoms in total. The zero-order valence-electron chi connectivity index (χ0n) is 13.2. The van der Waals surface area contributed by atoms with E-state index in [-0.39, 0.29) is 0 Å². The van der Waals surface area contributed by atoms with Crippen molar-refractivity contribution in [3.05, 3.63) is 16.3 Å². The zero-order chi connectivity index (χ0) is 15.6. The van der Waals surface area contributed by atoms with Crippen LogP contribution in [-0.4, -0.2) is 56.9 Å². The van der Waals surface area contributed by atoms with E-state index in [9.17, 15) is 8.42 Å². The van der Waals surface area contributed by atoms with Crippen LogP contribution < -0.4 is 5.32 Å². The van der Waals surface area contributed by atoms with Gasteiger partial charge in [-0.15, -0.1) is 11.3 Å². The third-order valence-electron chi connectivity index (χ3n) is 3.85. The molecule has 21 heavy (non-hydrogen) atoms. The Balaban J connectivity index is 2.15. The van der Waals surface area contributed by atoms with Gasteiger partial charge in [-0.05, 0) is 32.0 Å². The van der Waals surface area contributed by atoms with Crippen LogP contribution >= 0.6 is 11.3 Å². The highest BCUT2D eigenvalue weighted by atomic mass is 32.2. The van der Waals surface area contributed by atoms with Crippen molar-refractivity contribution in [3.63, 3.8) is 0 Å². The largest absolute Gasteiger partial charge is 0.310 e. The molecule has 0 saturated carbocycles. The fourth-order valence-electron chi connectivity index (χ4n) is 2.47. The second-order valence-electron chi connectivity index (χ2n) is 6.01. The van der Waals surface area contributed by atoms with E-state index >= 15 is 0 Å². The topological polar surface area (TPSA) is 52.7 Å². The second-order valence-corrected chi connectivity index (χ2v) is 8.92. The monoisotopic (exact) mass is 331 g/mol. The van der Waals surface area contributed by atoms with Gasteiger partial charge in [0.15, 0.2) is 0 Å². The van der Waals surface area contributed by atoms with Crippen molar-refractivity contribution < 1.29 is 8.42 Å². The predicted molar refractivity (Wildman–Crippen MR) is 87.1 cm³/mol. The molecule has 1 N–H and O–H groups in total. The number of sulfonamides is 1. The number of rotatable bonds is 6. The summed E-state index contributed by atoms with van der Waals surface area (Å²) in [6.07, 6.45) is 0.899. The van der Waals surface area contributed by atoms with Gasteiger partial charge in [0, 0.05) is 36.6 Å². The molecule has 120 valence electrons. The molecule has 0 radical (unpaired) electrons. The first-order chi connectivity index (χ1) is 9.82. The fourth-order valence-corrected chi connectivity index (χ4v) is 5.33. The molecule has 1 saturated heterocycles. The van der Waals surface area contributed by atoms with Gasteiger partial charge in [-0.25, -0.2) is 8.42 Å². The number of hydrogen-bond acceptors (Lipinski definition) is 5. The van der Waals surface area contributed by atoms with E-state index in [2.05, 4.69) is 24.1 Å². The van der Waals surface area contributed by atoms with Gasteiger partial charge >= 0.3 is 0 Å². The summed E-state index contributed by atoms with van der Waals surface area (Å²) in [5, 5.41) is 5.16. The Bertz CT molecular complexity index is 567. The van der Waals surface area contributed by atoms with Crippen molar-refractivity contribution >= 4 is 21.4 Å². The van der Waals surface area contributed by atoms with Crippen LogP contribution in [0.4, 0.5) is 0 Å². The van der Waals surface area contributed by atoms with Crippen molar-refractivity contribution in [1.82, 2.24) is 14.5 Å². The molecular weight excluding hydrogens is 306 g/mol. The third kappa shape index (κ3) is 3.84. The van der Waals surface area contributed by atoms with Crippen LogP contribution in [0, 0.1) is 0 Å². The lowest BCUT2D eigenvalue weighted by Gasteiger charge is -2.20. The first-order valence-electron chi connectivity index (χ1n) is 7.28. The maximum Gasteiger partial charge on any atom is 0.244 e. The molecule has 7 heteroatoms. The summed E-state index contributed by atoms with van der Waals surface area (Å²) in [6.45, 7) is 5.92. The van der Waals surface area contributed by atoms with Crippen LogP contribution in [-0.2, 0) is 16.6 Å². The predicted octanol–water partition coefficient (Wildman–Crippen LogP) is 1.57. The van der Waals surface area contributed by atoms with E-state index in [1.54, 1.807) is 10.4 Å². The van der Waals surface area contributed by atoms with E-state index in [4.69, 9.17) is 0 Å². The average Bonchev–Trinajstić information content (AvgIpc) is 3.05. The Labute approximate surface area is 132 Å². The highest BCUT2D eigenvalue weighted by Gasteiger charge is 2.34. The maximum atomic E-state index is 12.8. The molecule has 0 bridgehead atoms. The van der Waals surface area contributed by atoms with Crippen LogP contribution in [0.15, 0.2) is 16.3 Å². The van der Waals surface area contributed by atoms with Crippen LogP contribution in [0.5, 0.6) is 0 Å². The molecular formula is C14H25N3O2S2. The van der Waals surface area contributed by atoms with E-state index in [0.717, 1.165) is 11.3 Å². The van der Waals surface area contributed by atoms with E-state index < -0.39 is 10.0 Å². The molecule has 1 atom stereocenters. The Kier molecular flexibility index (Phi) is 5.43. The van der Waals surface area contributed by atoms with Gasteiger partial charge < -0.3 is 10.2 Å². The number of nitrogens with zero attached hydrogens (tertiary/aromatic N) is 2. The van der Waals surface area contributed by atoms with E-state index in [0.29, 0.717) is 36.6 Å². The molecule has 2 heterocycles. The van der Waals surface area contributed by atoms with Crippen LogP contribution in [0.1, 0.15) is 25.1 Å². The molecule has 0 aromatic carbocycles. The summed E-state index contributed by atoms with van der Waals surface area (Å²) in [5.74, 6) is 0. The van der Waals surface area contributed by atoms with Gasteiger partial charge in [-0.1, -0.05) is 13.8 Å². The Morgan fingerprint density at radius 2 is 2.19 bits per heavy atom. The number of likely N-dealkylation sites (N-methyl/N-ethyl adjacent to an activating group) is 1. The van der Waals surface area contributed by atoms with Gasteiger partial charge in [-0.2, -0.15) is 4.31 Å². The summed E-state index contributed by atoms with van der Waals surface area (Å²) >= 11 is 1.51. The van der Waals surface area contributed by atoms with Crippen molar-refractivity contribution in [2.45, 2.75) is 43.8 Å². The first kappa shape index (κ1) is 16.9. The molecule has 1 unspecified atom stereocenters. The van der Waals surface area contributed by atoms with Gasteiger partial charge in [-0.3, -0.25) is 0 Å². The number of thiophene rings is 1. The minimum atomic E-state index is -3.36. The van der Waals surface area contributed by atoms with Crippen molar-refractivity contribution in [1.29, 1.82) is 0 Å². The lowest BCUT2D eigenvalue weighted by Crippen LogP contribution is -2.34. The lowest BCUT2D eigenvalue weighted by molar-refractivity contribution is 0.302. The summed E-state index contributed by atoms with van der Waals surface area (Å²) in [7, 11) is 0.643. The number of nitrogens with one attached hydrogen (secondary N) is 1. The summed E-state index contributed by atoms with van der Waals surface area (Å²) < 4.78 is 27.3. The molecule has 0 spiro atoms. The molecule has 0 aliphatic carbocycles. The van der Waals surface area contributed by atoms with Crippen molar-refractivity contribution in [2.24, 2.45) is 0 Å². The molecule has 1 aromatic heterocycles. The van der Waals surface area contributed by atoms with Gasteiger partial charge in [0.05, 0.1) is 4.90 Å². The quantitative estimate of drug-likeness (QED) is 0.860. The third-order valence-corrected chi connectivity index (χ3v) is 6.85. The minimum absolute atomic E-state index is 0.315. The minimum Gasteiger partial charge on any atom is -0.310 e. The summed E-state index contributed by atoms with van der Waals surface area (Å²) in [6, 6.07) is 2.39. The van der Waals surface area contributed by atoms with Crippen LogP contribution in [0.25, 0.3) is 0 Å². The van der Waals surface area contributed by atoms with Crippen molar-refractivity contribution in [3.8, 4) is 0 Å². The summed E-state index contributed by atoms with van der Waals surface area (Å²) in [5.41, 5.74) is 0. The standard InChI is InChI=1S/C14H25N3O2S2/c1-11(2)15-9-13-14(6-8-20-13)21(18,19)17-7-5-12(10-17)16(3)4/h6,8,11-12,15H,5,7,9-10H2,1-4H3. The van der Waals surface area contributed by atoms with Crippen LogP contribution in [0.3, 0.4) is 0 Å². The number of hydrogen-bond donors (Lipinski definition) is 1. The SMILES string of the molecule is CC(C)NCc1sccc1S(=O)(=O)N1CCC(N(C)C)C1. The molecule has 0 amide bonds. The van der Waals surface area contributed by atoms with Gasteiger partial charge in [0.25, 0.3) is 0 Å². The summed E-state index contributed by atoms with van der Waals surface area (Å²) in [4.78, 5) is 3.47. The fraction of sp³-hybridized carbons (Fsp3) is 0.714. The van der Waals surface area contributed by atoms with Crippen molar-refractivity contribution in [2.75, 3.05) is 27.2 Å². The van der Waals surface area contributed by atoms with E-state index in [1.807, 2.05) is 19.5 Å². The maximum absolute atomic E-state index is 12.8. The van der Waals surface area contributed by atoms with E-state index in [1.165, 1.54) is 11.3 Å². The molecule has 1 aliphatic heterocycles. The van der Waals surface area contributed by atoms with Gasteiger partial charge in [0.1, 0.15) is 0 Å². The molecule has 2 rings (SSSR count). The highest BCUT2D eigenvalue weighted by Crippen LogP contribution is 2.28. The smallest absolute Gasteiger partial charge is 0.244 e. The molecule has 1 aliphatic rings. The Morgan fingerprint density at radius 1 is 1.48 bits per heavy atom.